The second-order valence-electron chi connectivity index (χ2n) is 7.12. The monoisotopic (exact) mass is 412 g/mol. The Morgan fingerprint density at radius 2 is 1.72 bits per heavy atom. The minimum atomic E-state index is -0.679. The molecule has 0 saturated heterocycles. The van der Waals surface area contributed by atoms with Gasteiger partial charge >= 0.3 is 6.09 Å². The Kier molecular flexibility index (Phi) is 5.98. The van der Waals surface area contributed by atoms with Gasteiger partial charge in [0.15, 0.2) is 5.82 Å². The molecule has 2 heterocycles. The number of aromatic nitrogens is 3. The molecule has 0 fully saturated rings. The van der Waals surface area contributed by atoms with E-state index in [-0.39, 0.29) is 0 Å². The normalized spacial score (nSPS) is 11.1. The van der Waals surface area contributed by atoms with Crippen LogP contribution in [0.25, 0.3) is 11.4 Å². The largest absolute Gasteiger partial charge is 0.481 e. The van der Waals surface area contributed by atoms with E-state index in [0.717, 1.165) is 0 Å². The van der Waals surface area contributed by atoms with Crippen LogP contribution in [0.3, 0.4) is 0 Å². The molecule has 3 aromatic rings. The van der Waals surface area contributed by atoms with E-state index in [1.165, 1.54) is 11.1 Å². The highest BCUT2D eigenvalue weighted by atomic mass is 35.5. The first-order valence-electron chi connectivity index (χ1n) is 8.89. The molecule has 2 aromatic heterocycles. The number of hydrogen-bond acceptors (Lipinski definition) is 6. The quantitative estimate of drug-likeness (QED) is 0.580. The van der Waals surface area contributed by atoms with Crippen molar-refractivity contribution in [1.29, 1.82) is 0 Å². The summed E-state index contributed by atoms with van der Waals surface area (Å²) in [5.74, 6) is 0.750. The number of amides is 1. The Morgan fingerprint density at radius 1 is 1.00 bits per heavy atom. The molecule has 0 N–H and O–H groups in total. The summed E-state index contributed by atoms with van der Waals surface area (Å²) in [5, 5.41) is 0.554. The smallest absolute Gasteiger partial charge is 0.420 e. The molecule has 0 spiro atoms. The van der Waals surface area contributed by atoms with E-state index in [4.69, 9.17) is 21.1 Å². The molecule has 0 aliphatic carbocycles. The number of benzene rings is 1. The molecule has 1 amide bonds. The van der Waals surface area contributed by atoms with Crippen molar-refractivity contribution < 1.29 is 14.3 Å². The van der Waals surface area contributed by atoms with Gasteiger partial charge in [-0.2, -0.15) is 0 Å². The van der Waals surface area contributed by atoms with E-state index in [1.54, 1.807) is 76.5 Å². The molecule has 0 radical (unpaired) electrons. The van der Waals surface area contributed by atoms with Crippen molar-refractivity contribution in [2.24, 2.45) is 0 Å². The first kappa shape index (κ1) is 20.5. The fraction of sp³-hybridized carbons (Fsp3) is 0.238. The van der Waals surface area contributed by atoms with Gasteiger partial charge in [-0.3, -0.25) is 4.98 Å². The van der Waals surface area contributed by atoms with Gasteiger partial charge in [-0.1, -0.05) is 17.7 Å². The Bertz CT molecular complexity index is 1000. The lowest BCUT2D eigenvalue weighted by Gasteiger charge is -2.26. The highest BCUT2D eigenvalue weighted by Gasteiger charge is 2.26. The summed E-state index contributed by atoms with van der Waals surface area (Å²) in [6.45, 7) is 5.40. The summed E-state index contributed by atoms with van der Waals surface area (Å²) in [6.07, 6.45) is 2.48. The summed E-state index contributed by atoms with van der Waals surface area (Å²) in [4.78, 5) is 27.5. The van der Waals surface area contributed by atoms with Crippen LogP contribution in [-0.2, 0) is 4.74 Å². The molecule has 7 nitrogen and oxygen atoms in total. The van der Waals surface area contributed by atoms with E-state index in [1.807, 2.05) is 0 Å². The Hall–Kier alpha value is -3.19. The summed E-state index contributed by atoms with van der Waals surface area (Å²) in [6, 6.07) is 12.1. The first-order valence-corrected chi connectivity index (χ1v) is 9.27. The van der Waals surface area contributed by atoms with Crippen molar-refractivity contribution in [3.63, 3.8) is 0 Å². The molecule has 3 rings (SSSR count). The van der Waals surface area contributed by atoms with Crippen LogP contribution in [0, 0.1) is 0 Å². The van der Waals surface area contributed by atoms with Gasteiger partial charge in [0.2, 0.25) is 5.88 Å². The molecular formula is C21H21ClN4O3. The van der Waals surface area contributed by atoms with E-state index >= 15 is 0 Å². The van der Waals surface area contributed by atoms with Crippen molar-refractivity contribution in [2.45, 2.75) is 26.4 Å². The third-order valence-corrected chi connectivity index (χ3v) is 3.96. The lowest BCUT2D eigenvalue weighted by atomic mass is 10.2. The lowest BCUT2D eigenvalue weighted by Crippen LogP contribution is -2.34. The summed E-state index contributed by atoms with van der Waals surface area (Å²) in [5.41, 5.74) is 0.929. The van der Waals surface area contributed by atoms with Crippen LogP contribution in [0.15, 0.2) is 54.9 Å². The number of ether oxygens (including phenoxy) is 2. The van der Waals surface area contributed by atoms with Gasteiger partial charge in [-0.25, -0.2) is 19.7 Å². The van der Waals surface area contributed by atoms with Gasteiger partial charge in [0.1, 0.15) is 11.3 Å². The number of carbonyl (C=O) groups excluding carboxylic acids is 1. The zero-order valence-electron chi connectivity index (χ0n) is 16.6. The van der Waals surface area contributed by atoms with E-state index in [2.05, 4.69) is 15.0 Å². The third kappa shape index (κ3) is 5.20. The maximum atomic E-state index is 13.0. The molecule has 0 aliphatic rings. The van der Waals surface area contributed by atoms with E-state index in [0.29, 0.717) is 33.8 Å². The molecule has 0 atom stereocenters. The summed E-state index contributed by atoms with van der Waals surface area (Å²) >= 11 is 6.00. The van der Waals surface area contributed by atoms with Gasteiger partial charge < -0.3 is 9.47 Å². The molecular weight excluding hydrogens is 392 g/mol. The zero-order chi connectivity index (χ0) is 21.0. The van der Waals surface area contributed by atoms with Gasteiger partial charge in [-0.15, -0.1) is 0 Å². The molecule has 8 heteroatoms. The number of halogens is 1. The predicted molar refractivity (Wildman–Crippen MR) is 112 cm³/mol. The van der Waals surface area contributed by atoms with Crippen LogP contribution in [-0.4, -0.2) is 33.8 Å². The SMILES string of the molecule is COc1cccc(-c2cncc(N(C(=O)OC(C)(C)C)c3ccc(Cl)cc3)n2)n1. The van der Waals surface area contributed by atoms with Gasteiger partial charge in [0.05, 0.1) is 30.9 Å². The van der Waals surface area contributed by atoms with Crippen LogP contribution in [0.5, 0.6) is 5.88 Å². The average molecular weight is 413 g/mol. The second kappa shape index (κ2) is 8.45. The number of anilines is 2. The van der Waals surface area contributed by atoms with Crippen LogP contribution in [0.2, 0.25) is 5.02 Å². The number of pyridine rings is 1. The molecule has 29 heavy (non-hydrogen) atoms. The molecule has 0 aliphatic heterocycles. The summed E-state index contributed by atoms with van der Waals surface area (Å²) < 4.78 is 10.7. The molecule has 150 valence electrons. The van der Waals surface area contributed by atoms with Crippen LogP contribution >= 0.6 is 11.6 Å². The Morgan fingerprint density at radius 3 is 2.38 bits per heavy atom. The maximum Gasteiger partial charge on any atom is 0.420 e. The zero-order valence-corrected chi connectivity index (χ0v) is 17.3. The van der Waals surface area contributed by atoms with Crippen LogP contribution in [0.4, 0.5) is 16.3 Å². The fourth-order valence-electron chi connectivity index (χ4n) is 2.49. The van der Waals surface area contributed by atoms with Crippen molar-refractivity contribution >= 4 is 29.2 Å². The van der Waals surface area contributed by atoms with Crippen LogP contribution in [0.1, 0.15) is 20.8 Å². The van der Waals surface area contributed by atoms with Gasteiger partial charge in [0.25, 0.3) is 0 Å². The number of rotatable bonds is 4. The van der Waals surface area contributed by atoms with E-state index in [9.17, 15) is 4.79 Å². The van der Waals surface area contributed by atoms with Crippen molar-refractivity contribution in [2.75, 3.05) is 12.0 Å². The van der Waals surface area contributed by atoms with Gasteiger partial charge in [-0.05, 0) is 51.1 Å². The number of hydrogen-bond donors (Lipinski definition) is 0. The number of carbonyl (C=O) groups is 1. The van der Waals surface area contributed by atoms with Crippen molar-refractivity contribution in [3.05, 3.63) is 59.9 Å². The van der Waals surface area contributed by atoms with Crippen molar-refractivity contribution in [1.82, 2.24) is 15.0 Å². The number of methoxy groups -OCH3 is 1. The minimum Gasteiger partial charge on any atom is -0.481 e. The Labute approximate surface area is 174 Å². The fourth-order valence-corrected chi connectivity index (χ4v) is 2.61. The number of nitrogens with zero attached hydrogens (tertiary/aromatic N) is 4. The molecule has 0 unspecified atom stereocenters. The molecule has 0 saturated carbocycles. The minimum absolute atomic E-state index is 0.295. The second-order valence-corrected chi connectivity index (χ2v) is 7.56. The molecule has 1 aromatic carbocycles. The van der Waals surface area contributed by atoms with Gasteiger partial charge in [0, 0.05) is 11.1 Å². The highest BCUT2D eigenvalue weighted by molar-refractivity contribution is 6.30. The average Bonchev–Trinajstić information content (AvgIpc) is 2.68. The predicted octanol–water partition coefficient (Wildman–Crippen LogP) is 5.27. The highest BCUT2D eigenvalue weighted by Crippen LogP contribution is 2.29. The standard InChI is InChI=1S/C21H21ClN4O3/c1-21(2,3)29-20(27)26(15-10-8-14(22)9-11-15)18-13-23-12-17(24-18)16-6-5-7-19(25-16)28-4/h5-13H,1-4H3. The van der Waals surface area contributed by atoms with Crippen molar-refractivity contribution in [3.8, 4) is 17.3 Å². The lowest BCUT2D eigenvalue weighted by molar-refractivity contribution is 0.0598. The topological polar surface area (TPSA) is 77.4 Å². The first-order chi connectivity index (χ1) is 13.8. The summed E-state index contributed by atoms with van der Waals surface area (Å²) in [7, 11) is 1.54. The van der Waals surface area contributed by atoms with E-state index < -0.39 is 11.7 Å². The maximum absolute atomic E-state index is 13.0. The Balaban J connectivity index is 2.05. The molecule has 0 bridgehead atoms. The van der Waals surface area contributed by atoms with Crippen LogP contribution < -0.4 is 9.64 Å². The third-order valence-electron chi connectivity index (χ3n) is 3.71.